The van der Waals surface area contributed by atoms with Crippen LogP contribution in [0.3, 0.4) is 0 Å². The van der Waals surface area contributed by atoms with Gasteiger partial charge in [0.05, 0.1) is 0 Å². The van der Waals surface area contributed by atoms with E-state index in [4.69, 9.17) is 0 Å². The molecule has 0 saturated carbocycles. The maximum atomic E-state index is 12.6. The van der Waals surface area contributed by atoms with Gasteiger partial charge in [0.25, 0.3) is 0 Å². The lowest BCUT2D eigenvalue weighted by Crippen LogP contribution is -1.94. The molecule has 0 aliphatic carbocycles. The minimum atomic E-state index is -0.162. The number of benzene rings is 1. The van der Waals surface area contributed by atoms with Crippen LogP contribution >= 0.6 is 11.8 Å². The Kier molecular flexibility index (Phi) is 3.79. The molecule has 0 radical (unpaired) electrons. The zero-order chi connectivity index (χ0) is 9.84. The van der Waals surface area contributed by atoms with Crippen molar-refractivity contribution in [3.8, 4) is 0 Å². The molecule has 1 aromatic carbocycles. The van der Waals surface area contributed by atoms with Gasteiger partial charge in [-0.1, -0.05) is 26.0 Å². The Labute approximate surface area is 83.5 Å². The average Bonchev–Trinajstić information content (AvgIpc) is 2.04. The van der Waals surface area contributed by atoms with Gasteiger partial charge in [-0.2, -0.15) is 11.8 Å². The summed E-state index contributed by atoms with van der Waals surface area (Å²) in [7, 11) is 0. The largest absolute Gasteiger partial charge is 0.207 e. The molecule has 0 heterocycles. The number of halogens is 1. The first-order valence-corrected chi connectivity index (χ1v) is 5.45. The Hall–Kier alpha value is -0.500. The van der Waals surface area contributed by atoms with E-state index in [0.717, 1.165) is 0 Å². The molecule has 72 valence electrons. The highest BCUT2D eigenvalue weighted by atomic mass is 32.2. The molecule has 0 fully saturated rings. The van der Waals surface area contributed by atoms with Crippen molar-refractivity contribution >= 4 is 11.8 Å². The zero-order valence-electron chi connectivity index (χ0n) is 8.25. The first-order valence-electron chi connectivity index (χ1n) is 4.50. The molecule has 0 bridgehead atoms. The molecule has 0 spiro atoms. The van der Waals surface area contributed by atoms with E-state index in [2.05, 4.69) is 20.8 Å². The van der Waals surface area contributed by atoms with Crippen LogP contribution in [0, 0.1) is 5.82 Å². The number of thioether (sulfide) groups is 1. The Morgan fingerprint density at radius 3 is 2.08 bits per heavy atom. The molecule has 2 heteroatoms. The van der Waals surface area contributed by atoms with Gasteiger partial charge >= 0.3 is 0 Å². The first-order chi connectivity index (χ1) is 6.09. The predicted molar refractivity (Wildman–Crippen MR) is 57.5 cm³/mol. The molecular formula is C11H15FS. The summed E-state index contributed by atoms with van der Waals surface area (Å²) < 4.78 is 12.6. The van der Waals surface area contributed by atoms with Crippen molar-refractivity contribution in [2.75, 3.05) is 0 Å². The molecule has 0 nitrogen and oxygen atoms in total. The summed E-state index contributed by atoms with van der Waals surface area (Å²) in [5.41, 5.74) is 1.19. The number of rotatable bonds is 3. The second-order valence-corrected chi connectivity index (χ2v) is 5.30. The van der Waals surface area contributed by atoms with Crippen LogP contribution < -0.4 is 0 Å². The summed E-state index contributed by atoms with van der Waals surface area (Å²) in [6, 6.07) is 6.75. The molecule has 0 N–H and O–H groups in total. The highest BCUT2D eigenvalue weighted by molar-refractivity contribution is 8.00. The molecule has 0 saturated heterocycles. The summed E-state index contributed by atoms with van der Waals surface area (Å²) in [5.74, 6) is -0.162. The van der Waals surface area contributed by atoms with E-state index >= 15 is 0 Å². The molecular weight excluding hydrogens is 183 g/mol. The molecule has 1 unspecified atom stereocenters. The van der Waals surface area contributed by atoms with Crippen LogP contribution in [-0.4, -0.2) is 5.25 Å². The summed E-state index contributed by atoms with van der Waals surface area (Å²) in [5, 5.41) is 1.06. The van der Waals surface area contributed by atoms with Crippen LogP contribution in [0.15, 0.2) is 24.3 Å². The molecule has 0 aliphatic heterocycles. The van der Waals surface area contributed by atoms with Crippen LogP contribution in [0.1, 0.15) is 31.6 Å². The van der Waals surface area contributed by atoms with Crippen molar-refractivity contribution in [1.82, 2.24) is 0 Å². The van der Waals surface area contributed by atoms with E-state index in [1.807, 2.05) is 23.9 Å². The van der Waals surface area contributed by atoms with Crippen molar-refractivity contribution in [3.05, 3.63) is 35.6 Å². The van der Waals surface area contributed by atoms with Crippen LogP contribution in [0.2, 0.25) is 0 Å². The molecule has 1 aromatic rings. The third-order valence-corrected chi connectivity index (χ3v) is 3.04. The van der Waals surface area contributed by atoms with Gasteiger partial charge in [0.2, 0.25) is 0 Å². The SMILES string of the molecule is CC(C)SC(C)c1ccc(F)cc1. The van der Waals surface area contributed by atoms with Crippen molar-refractivity contribution in [1.29, 1.82) is 0 Å². The molecule has 0 amide bonds. The summed E-state index contributed by atoms with van der Waals surface area (Å²) in [6.07, 6.45) is 0. The van der Waals surface area contributed by atoms with Gasteiger partial charge in [-0.25, -0.2) is 4.39 Å². The van der Waals surface area contributed by atoms with Gasteiger partial charge in [0, 0.05) is 5.25 Å². The minimum absolute atomic E-state index is 0.162. The lowest BCUT2D eigenvalue weighted by Gasteiger charge is -2.13. The maximum absolute atomic E-state index is 12.6. The van der Waals surface area contributed by atoms with Gasteiger partial charge < -0.3 is 0 Å². The van der Waals surface area contributed by atoms with Crippen molar-refractivity contribution in [2.45, 2.75) is 31.3 Å². The van der Waals surface area contributed by atoms with Crippen LogP contribution in [0.5, 0.6) is 0 Å². The van der Waals surface area contributed by atoms with Crippen LogP contribution in [-0.2, 0) is 0 Å². The summed E-state index contributed by atoms with van der Waals surface area (Å²) in [4.78, 5) is 0. The number of hydrogen-bond acceptors (Lipinski definition) is 1. The average molecular weight is 198 g/mol. The molecule has 0 aliphatic rings. The molecule has 13 heavy (non-hydrogen) atoms. The van der Waals surface area contributed by atoms with E-state index in [1.165, 1.54) is 17.7 Å². The van der Waals surface area contributed by atoms with Gasteiger partial charge in [-0.15, -0.1) is 0 Å². The Balaban J connectivity index is 2.66. The van der Waals surface area contributed by atoms with Crippen LogP contribution in [0.25, 0.3) is 0 Å². The number of hydrogen-bond donors (Lipinski definition) is 0. The summed E-state index contributed by atoms with van der Waals surface area (Å²) in [6.45, 7) is 6.49. The van der Waals surface area contributed by atoms with Gasteiger partial charge in [0.15, 0.2) is 0 Å². The van der Waals surface area contributed by atoms with Gasteiger partial charge in [-0.3, -0.25) is 0 Å². The van der Waals surface area contributed by atoms with E-state index in [-0.39, 0.29) is 5.82 Å². The van der Waals surface area contributed by atoms with Crippen molar-refractivity contribution in [3.63, 3.8) is 0 Å². The Bertz CT molecular complexity index is 253. The highest BCUT2D eigenvalue weighted by Crippen LogP contribution is 2.31. The quantitative estimate of drug-likeness (QED) is 0.706. The Morgan fingerprint density at radius 2 is 1.62 bits per heavy atom. The fraction of sp³-hybridized carbons (Fsp3) is 0.455. The zero-order valence-corrected chi connectivity index (χ0v) is 9.07. The molecule has 1 rings (SSSR count). The first kappa shape index (κ1) is 10.6. The van der Waals surface area contributed by atoms with Crippen molar-refractivity contribution in [2.24, 2.45) is 0 Å². The second-order valence-electron chi connectivity index (χ2n) is 3.38. The fourth-order valence-corrected chi connectivity index (χ4v) is 2.35. The monoisotopic (exact) mass is 198 g/mol. The summed E-state index contributed by atoms with van der Waals surface area (Å²) >= 11 is 1.89. The lowest BCUT2D eigenvalue weighted by molar-refractivity contribution is 0.627. The molecule has 0 aromatic heterocycles. The normalized spacial score (nSPS) is 13.3. The third kappa shape index (κ3) is 3.39. The smallest absolute Gasteiger partial charge is 0.123 e. The third-order valence-electron chi connectivity index (χ3n) is 1.82. The minimum Gasteiger partial charge on any atom is -0.207 e. The maximum Gasteiger partial charge on any atom is 0.123 e. The van der Waals surface area contributed by atoms with E-state index < -0.39 is 0 Å². The van der Waals surface area contributed by atoms with E-state index in [1.54, 1.807) is 0 Å². The van der Waals surface area contributed by atoms with Gasteiger partial charge in [-0.05, 0) is 29.9 Å². The van der Waals surface area contributed by atoms with Gasteiger partial charge in [0.1, 0.15) is 5.82 Å². The Morgan fingerprint density at radius 1 is 1.08 bits per heavy atom. The predicted octanol–water partition coefficient (Wildman–Crippen LogP) is 4.03. The second kappa shape index (κ2) is 4.66. The van der Waals surface area contributed by atoms with Crippen LogP contribution in [0.4, 0.5) is 4.39 Å². The standard InChI is InChI=1S/C11H15FS/c1-8(2)13-9(3)10-4-6-11(12)7-5-10/h4-9H,1-3H3. The van der Waals surface area contributed by atoms with E-state index in [9.17, 15) is 4.39 Å². The highest BCUT2D eigenvalue weighted by Gasteiger charge is 2.07. The van der Waals surface area contributed by atoms with Crippen molar-refractivity contribution < 1.29 is 4.39 Å². The topological polar surface area (TPSA) is 0 Å². The van der Waals surface area contributed by atoms with E-state index in [0.29, 0.717) is 10.5 Å². The lowest BCUT2D eigenvalue weighted by atomic mass is 10.2. The molecule has 1 atom stereocenters. The fourth-order valence-electron chi connectivity index (χ4n) is 1.22.